The van der Waals surface area contributed by atoms with E-state index in [-0.39, 0.29) is 5.60 Å². The molecule has 0 spiro atoms. The molecule has 0 aromatic rings. The number of nitrogens with one attached hydrogen (secondary N) is 1. The largest absolute Gasteiger partial charge is 0.374 e. The standard InChI is InChI=1S/C12H24N2O/c1-2-15-12(8-3-4-9-12)11(14-13)10-6-5-7-10/h10-11,14H,2-9,13H2,1H3. The molecule has 2 aliphatic carbocycles. The Morgan fingerprint density at radius 2 is 2.00 bits per heavy atom. The monoisotopic (exact) mass is 212 g/mol. The van der Waals surface area contributed by atoms with Crippen LogP contribution in [0.4, 0.5) is 0 Å². The summed E-state index contributed by atoms with van der Waals surface area (Å²) >= 11 is 0. The van der Waals surface area contributed by atoms with E-state index in [1.165, 1.54) is 44.9 Å². The van der Waals surface area contributed by atoms with Crippen LogP contribution in [0.1, 0.15) is 51.9 Å². The Labute approximate surface area is 92.7 Å². The van der Waals surface area contributed by atoms with Crippen molar-refractivity contribution in [1.29, 1.82) is 0 Å². The molecular weight excluding hydrogens is 188 g/mol. The van der Waals surface area contributed by atoms with Gasteiger partial charge in [-0.25, -0.2) is 0 Å². The Bertz CT molecular complexity index is 198. The van der Waals surface area contributed by atoms with Crippen molar-refractivity contribution < 1.29 is 4.74 Å². The smallest absolute Gasteiger partial charge is 0.0850 e. The van der Waals surface area contributed by atoms with Crippen molar-refractivity contribution in [3.05, 3.63) is 0 Å². The fraction of sp³-hybridized carbons (Fsp3) is 1.00. The van der Waals surface area contributed by atoms with E-state index in [2.05, 4.69) is 12.3 Å². The predicted octanol–water partition coefficient (Wildman–Crippen LogP) is 1.97. The summed E-state index contributed by atoms with van der Waals surface area (Å²) in [6.07, 6.45) is 8.98. The number of nitrogens with two attached hydrogens (primary N) is 1. The Kier molecular flexibility index (Phi) is 3.65. The lowest BCUT2D eigenvalue weighted by Gasteiger charge is -2.44. The van der Waals surface area contributed by atoms with Crippen molar-refractivity contribution in [2.75, 3.05) is 6.61 Å². The molecule has 0 saturated heterocycles. The topological polar surface area (TPSA) is 47.3 Å². The van der Waals surface area contributed by atoms with Gasteiger partial charge in [0.05, 0.1) is 11.6 Å². The second kappa shape index (κ2) is 4.81. The number of hydrogen-bond donors (Lipinski definition) is 2. The Morgan fingerprint density at radius 1 is 1.33 bits per heavy atom. The van der Waals surface area contributed by atoms with Crippen LogP contribution in [0.5, 0.6) is 0 Å². The molecule has 0 radical (unpaired) electrons. The number of rotatable bonds is 5. The minimum atomic E-state index is 0.0502. The third kappa shape index (κ3) is 2.05. The highest BCUT2D eigenvalue weighted by Gasteiger charge is 2.46. The van der Waals surface area contributed by atoms with Gasteiger partial charge in [0.25, 0.3) is 0 Å². The molecule has 2 fully saturated rings. The van der Waals surface area contributed by atoms with Crippen LogP contribution in [0.15, 0.2) is 0 Å². The molecule has 3 N–H and O–H groups in total. The van der Waals surface area contributed by atoms with Gasteiger partial charge in [0.1, 0.15) is 0 Å². The minimum absolute atomic E-state index is 0.0502. The molecule has 0 aliphatic heterocycles. The first kappa shape index (κ1) is 11.4. The summed E-state index contributed by atoms with van der Waals surface area (Å²) < 4.78 is 6.06. The maximum absolute atomic E-state index is 6.06. The second-order valence-electron chi connectivity index (χ2n) is 5.04. The van der Waals surface area contributed by atoms with Gasteiger partial charge in [-0.05, 0) is 38.5 Å². The molecule has 3 heteroatoms. The molecule has 1 unspecified atom stereocenters. The first-order valence-electron chi connectivity index (χ1n) is 6.42. The van der Waals surface area contributed by atoms with E-state index in [1.54, 1.807) is 0 Å². The average molecular weight is 212 g/mol. The van der Waals surface area contributed by atoms with Crippen LogP contribution in [0.2, 0.25) is 0 Å². The van der Waals surface area contributed by atoms with Gasteiger partial charge in [-0.2, -0.15) is 0 Å². The zero-order valence-corrected chi connectivity index (χ0v) is 9.80. The lowest BCUT2D eigenvalue weighted by molar-refractivity contribution is -0.0841. The molecule has 0 heterocycles. The predicted molar refractivity (Wildman–Crippen MR) is 61.3 cm³/mol. The van der Waals surface area contributed by atoms with Crippen molar-refractivity contribution in [2.45, 2.75) is 63.5 Å². The molecular formula is C12H24N2O. The number of ether oxygens (including phenoxy) is 1. The van der Waals surface area contributed by atoms with Crippen LogP contribution in [0, 0.1) is 5.92 Å². The zero-order valence-electron chi connectivity index (χ0n) is 9.80. The van der Waals surface area contributed by atoms with Crippen molar-refractivity contribution >= 4 is 0 Å². The molecule has 88 valence electrons. The van der Waals surface area contributed by atoms with E-state index in [4.69, 9.17) is 10.6 Å². The molecule has 1 atom stereocenters. The van der Waals surface area contributed by atoms with Gasteiger partial charge in [0.15, 0.2) is 0 Å². The average Bonchev–Trinajstić information content (AvgIpc) is 2.61. The van der Waals surface area contributed by atoms with Gasteiger partial charge in [-0.1, -0.05) is 19.3 Å². The van der Waals surface area contributed by atoms with Crippen LogP contribution < -0.4 is 11.3 Å². The molecule has 2 aliphatic rings. The lowest BCUT2D eigenvalue weighted by Crippen LogP contribution is -2.58. The summed E-state index contributed by atoms with van der Waals surface area (Å²) in [5.74, 6) is 6.50. The van der Waals surface area contributed by atoms with Crippen molar-refractivity contribution in [2.24, 2.45) is 11.8 Å². The highest BCUT2D eigenvalue weighted by molar-refractivity contribution is 5.01. The Hall–Kier alpha value is -0.120. The van der Waals surface area contributed by atoms with Crippen molar-refractivity contribution in [3.8, 4) is 0 Å². The van der Waals surface area contributed by atoms with Crippen molar-refractivity contribution in [3.63, 3.8) is 0 Å². The fourth-order valence-corrected chi connectivity index (χ4v) is 3.30. The van der Waals surface area contributed by atoms with Gasteiger partial charge in [0.2, 0.25) is 0 Å². The fourth-order valence-electron chi connectivity index (χ4n) is 3.30. The summed E-state index contributed by atoms with van der Waals surface area (Å²) in [6, 6.07) is 0.383. The van der Waals surface area contributed by atoms with Crippen molar-refractivity contribution in [1.82, 2.24) is 5.43 Å². The van der Waals surface area contributed by atoms with E-state index in [1.807, 2.05) is 0 Å². The molecule has 0 aromatic carbocycles. The van der Waals surface area contributed by atoms with E-state index in [0.29, 0.717) is 6.04 Å². The van der Waals surface area contributed by atoms with E-state index in [9.17, 15) is 0 Å². The maximum atomic E-state index is 6.06. The van der Waals surface area contributed by atoms with Gasteiger partial charge >= 0.3 is 0 Å². The van der Waals surface area contributed by atoms with E-state index in [0.717, 1.165) is 12.5 Å². The van der Waals surface area contributed by atoms with E-state index < -0.39 is 0 Å². The third-order valence-electron chi connectivity index (χ3n) is 4.25. The first-order chi connectivity index (χ1) is 7.32. The first-order valence-corrected chi connectivity index (χ1v) is 6.42. The van der Waals surface area contributed by atoms with E-state index >= 15 is 0 Å². The van der Waals surface area contributed by atoms with Crippen LogP contribution >= 0.6 is 0 Å². The summed E-state index contributed by atoms with van der Waals surface area (Å²) in [5.41, 5.74) is 3.10. The number of hydrogen-bond acceptors (Lipinski definition) is 3. The van der Waals surface area contributed by atoms with Crippen LogP contribution in [-0.4, -0.2) is 18.2 Å². The molecule has 0 bridgehead atoms. The third-order valence-corrected chi connectivity index (χ3v) is 4.25. The SMILES string of the molecule is CCOC1(C(NN)C2CCC2)CCCC1. The van der Waals surface area contributed by atoms with Crippen LogP contribution in [0.3, 0.4) is 0 Å². The number of hydrazine groups is 1. The van der Waals surface area contributed by atoms with Gasteiger partial charge in [-0.3, -0.25) is 11.3 Å². The Balaban J connectivity index is 2.06. The minimum Gasteiger partial charge on any atom is -0.374 e. The molecule has 2 saturated carbocycles. The molecule has 3 nitrogen and oxygen atoms in total. The lowest BCUT2D eigenvalue weighted by atomic mass is 9.72. The van der Waals surface area contributed by atoms with Gasteiger partial charge in [-0.15, -0.1) is 0 Å². The summed E-state index contributed by atoms with van der Waals surface area (Å²) in [4.78, 5) is 0. The van der Waals surface area contributed by atoms with Gasteiger partial charge < -0.3 is 4.74 Å². The quantitative estimate of drug-likeness (QED) is 0.541. The normalized spacial score (nSPS) is 27.6. The van der Waals surface area contributed by atoms with Crippen LogP contribution in [0.25, 0.3) is 0 Å². The summed E-state index contributed by atoms with van der Waals surface area (Å²) in [5, 5.41) is 0. The molecule has 2 rings (SSSR count). The highest BCUT2D eigenvalue weighted by Crippen LogP contribution is 2.43. The van der Waals surface area contributed by atoms with Gasteiger partial charge in [0, 0.05) is 6.61 Å². The Morgan fingerprint density at radius 3 is 2.40 bits per heavy atom. The van der Waals surface area contributed by atoms with Crippen LogP contribution in [-0.2, 0) is 4.74 Å². The molecule has 0 aromatic heterocycles. The molecule has 15 heavy (non-hydrogen) atoms. The highest BCUT2D eigenvalue weighted by atomic mass is 16.5. The second-order valence-corrected chi connectivity index (χ2v) is 5.04. The maximum Gasteiger partial charge on any atom is 0.0850 e. The summed E-state index contributed by atoms with van der Waals surface area (Å²) in [6.45, 7) is 2.90. The zero-order chi connectivity index (χ0) is 10.7. The molecule has 0 amide bonds. The summed E-state index contributed by atoms with van der Waals surface area (Å²) in [7, 11) is 0.